The van der Waals surface area contributed by atoms with E-state index in [0.29, 0.717) is 11.5 Å². The van der Waals surface area contributed by atoms with Crippen molar-refractivity contribution in [3.8, 4) is 0 Å². The molecule has 4 nitrogen and oxygen atoms in total. The minimum Gasteiger partial charge on any atom is -0.444 e. The Morgan fingerprint density at radius 1 is 1.14 bits per heavy atom. The van der Waals surface area contributed by atoms with E-state index in [1.54, 1.807) is 0 Å². The molecule has 124 valence electrons. The van der Waals surface area contributed by atoms with Crippen LogP contribution < -0.4 is 5.32 Å². The summed E-state index contributed by atoms with van der Waals surface area (Å²) in [6, 6.07) is 0.528. The van der Waals surface area contributed by atoms with E-state index >= 15 is 0 Å². The molecule has 4 heteroatoms. The molecule has 1 heterocycles. The van der Waals surface area contributed by atoms with Gasteiger partial charge in [-0.15, -0.1) is 0 Å². The molecule has 1 saturated heterocycles. The van der Waals surface area contributed by atoms with Crippen molar-refractivity contribution in [2.75, 3.05) is 19.6 Å². The Morgan fingerprint density at radius 3 is 2.38 bits per heavy atom. The van der Waals surface area contributed by atoms with E-state index in [4.69, 9.17) is 4.74 Å². The Bertz CT molecular complexity index is 329. The smallest absolute Gasteiger partial charge is 0.410 e. The van der Waals surface area contributed by atoms with E-state index < -0.39 is 5.60 Å². The molecular weight excluding hydrogens is 264 g/mol. The molecule has 0 spiro atoms. The Morgan fingerprint density at radius 2 is 1.81 bits per heavy atom. The number of nitrogens with one attached hydrogen (secondary N) is 1. The minimum atomic E-state index is -0.409. The topological polar surface area (TPSA) is 41.6 Å². The minimum absolute atomic E-state index is 0.169. The van der Waals surface area contributed by atoms with Crippen LogP contribution in [0.4, 0.5) is 4.79 Å². The van der Waals surface area contributed by atoms with Gasteiger partial charge in [-0.1, -0.05) is 20.8 Å². The van der Waals surface area contributed by atoms with Gasteiger partial charge in [0.05, 0.1) is 0 Å². The van der Waals surface area contributed by atoms with Crippen LogP contribution in [0.2, 0.25) is 0 Å². The SMILES string of the molecule is CC(C)(C)CCNC1CCCN(C(=O)OC(C)(C)C)CC1. The third-order valence-electron chi connectivity index (χ3n) is 3.69. The monoisotopic (exact) mass is 298 g/mol. The van der Waals surface area contributed by atoms with Crippen LogP contribution in [0.25, 0.3) is 0 Å². The van der Waals surface area contributed by atoms with Crippen LogP contribution in [0, 0.1) is 5.41 Å². The van der Waals surface area contributed by atoms with Crippen molar-refractivity contribution >= 4 is 6.09 Å². The van der Waals surface area contributed by atoms with Gasteiger partial charge in [0, 0.05) is 19.1 Å². The van der Waals surface area contributed by atoms with E-state index in [2.05, 4.69) is 26.1 Å². The Kier molecular flexibility index (Phi) is 6.51. The van der Waals surface area contributed by atoms with Gasteiger partial charge in [-0.05, 0) is 58.4 Å². The van der Waals surface area contributed by atoms with E-state index in [-0.39, 0.29) is 6.09 Å². The summed E-state index contributed by atoms with van der Waals surface area (Å²) in [5.74, 6) is 0. The molecule has 0 aromatic heterocycles. The molecule has 0 radical (unpaired) electrons. The first-order chi connectivity index (χ1) is 9.57. The largest absolute Gasteiger partial charge is 0.444 e. The molecule has 1 N–H and O–H groups in total. The maximum Gasteiger partial charge on any atom is 0.410 e. The summed E-state index contributed by atoms with van der Waals surface area (Å²) >= 11 is 0. The Hall–Kier alpha value is -0.770. The average Bonchev–Trinajstić information content (AvgIpc) is 2.50. The van der Waals surface area contributed by atoms with Crippen LogP contribution in [0.1, 0.15) is 67.2 Å². The van der Waals surface area contributed by atoms with Crippen molar-refractivity contribution in [3.05, 3.63) is 0 Å². The lowest BCUT2D eigenvalue weighted by atomic mass is 9.92. The van der Waals surface area contributed by atoms with E-state index in [9.17, 15) is 4.79 Å². The highest BCUT2D eigenvalue weighted by molar-refractivity contribution is 5.68. The molecule has 1 amide bonds. The van der Waals surface area contributed by atoms with Crippen molar-refractivity contribution in [2.24, 2.45) is 5.41 Å². The molecule has 0 bridgehead atoms. The molecule has 0 aliphatic carbocycles. The van der Waals surface area contributed by atoms with Gasteiger partial charge in [-0.3, -0.25) is 0 Å². The van der Waals surface area contributed by atoms with Crippen molar-refractivity contribution < 1.29 is 9.53 Å². The lowest BCUT2D eigenvalue weighted by Crippen LogP contribution is -2.38. The highest BCUT2D eigenvalue weighted by atomic mass is 16.6. The third-order valence-corrected chi connectivity index (χ3v) is 3.69. The predicted octanol–water partition coefficient (Wildman–Crippen LogP) is 3.80. The zero-order valence-electron chi connectivity index (χ0n) is 14.8. The lowest BCUT2D eigenvalue weighted by Gasteiger charge is -2.26. The van der Waals surface area contributed by atoms with Gasteiger partial charge in [0.1, 0.15) is 5.60 Å². The van der Waals surface area contributed by atoms with Crippen LogP contribution in [-0.4, -0.2) is 42.3 Å². The Labute approximate surface area is 130 Å². The second-order valence-corrected chi connectivity index (χ2v) is 8.36. The number of ether oxygens (including phenoxy) is 1. The van der Waals surface area contributed by atoms with Crippen LogP contribution in [0.15, 0.2) is 0 Å². The molecule has 1 unspecified atom stereocenters. The maximum absolute atomic E-state index is 12.1. The van der Waals surface area contributed by atoms with Gasteiger partial charge >= 0.3 is 6.09 Å². The summed E-state index contributed by atoms with van der Waals surface area (Å²) in [6.07, 6.45) is 4.22. The molecule has 1 atom stereocenters. The number of rotatable bonds is 3. The number of hydrogen-bond donors (Lipinski definition) is 1. The van der Waals surface area contributed by atoms with Gasteiger partial charge in [0.2, 0.25) is 0 Å². The van der Waals surface area contributed by atoms with Crippen molar-refractivity contribution in [1.82, 2.24) is 10.2 Å². The fourth-order valence-electron chi connectivity index (χ4n) is 2.46. The van der Waals surface area contributed by atoms with Crippen molar-refractivity contribution in [2.45, 2.75) is 78.9 Å². The summed E-state index contributed by atoms with van der Waals surface area (Å²) in [5, 5.41) is 3.65. The molecule has 1 aliphatic heterocycles. The first-order valence-corrected chi connectivity index (χ1v) is 8.28. The second kappa shape index (κ2) is 7.48. The highest BCUT2D eigenvalue weighted by Crippen LogP contribution is 2.19. The first-order valence-electron chi connectivity index (χ1n) is 8.28. The number of carbonyl (C=O) groups excluding carboxylic acids is 1. The molecule has 1 rings (SSSR count). The first kappa shape index (κ1) is 18.3. The summed E-state index contributed by atoms with van der Waals surface area (Å²) in [7, 11) is 0. The quantitative estimate of drug-likeness (QED) is 0.861. The molecular formula is C17H34N2O2. The normalized spacial score (nSPS) is 21.0. The number of likely N-dealkylation sites (tertiary alicyclic amines) is 1. The van der Waals surface area contributed by atoms with Gasteiger partial charge < -0.3 is 15.0 Å². The fourth-order valence-corrected chi connectivity index (χ4v) is 2.46. The number of hydrogen-bond acceptors (Lipinski definition) is 3. The zero-order chi connectivity index (χ0) is 16.1. The lowest BCUT2D eigenvalue weighted by molar-refractivity contribution is 0.0256. The Balaban J connectivity index is 2.35. The molecule has 0 saturated carbocycles. The van der Waals surface area contributed by atoms with Gasteiger partial charge in [-0.2, -0.15) is 0 Å². The number of carbonyl (C=O) groups is 1. The summed E-state index contributed by atoms with van der Waals surface area (Å²) in [4.78, 5) is 14.0. The van der Waals surface area contributed by atoms with Gasteiger partial charge in [-0.25, -0.2) is 4.79 Å². The highest BCUT2D eigenvalue weighted by Gasteiger charge is 2.25. The summed E-state index contributed by atoms with van der Waals surface area (Å²) in [5.41, 5.74) is -0.0337. The summed E-state index contributed by atoms with van der Waals surface area (Å²) in [6.45, 7) is 15.2. The van der Waals surface area contributed by atoms with Gasteiger partial charge in [0.25, 0.3) is 0 Å². The second-order valence-electron chi connectivity index (χ2n) is 8.36. The number of nitrogens with zero attached hydrogens (tertiary/aromatic N) is 1. The standard InChI is InChI=1S/C17H34N2O2/c1-16(2,3)10-11-18-14-8-7-12-19(13-9-14)15(20)21-17(4,5)6/h14,18H,7-13H2,1-6H3. The van der Waals surface area contributed by atoms with Crippen molar-refractivity contribution in [1.29, 1.82) is 0 Å². The van der Waals surface area contributed by atoms with E-state index in [1.165, 1.54) is 6.42 Å². The maximum atomic E-state index is 12.1. The number of amides is 1. The third kappa shape index (κ3) is 8.30. The molecule has 0 aromatic carbocycles. The predicted molar refractivity (Wildman–Crippen MR) is 87.5 cm³/mol. The van der Waals surface area contributed by atoms with E-state index in [0.717, 1.165) is 38.9 Å². The average molecular weight is 298 g/mol. The molecule has 1 aliphatic rings. The van der Waals surface area contributed by atoms with Crippen molar-refractivity contribution in [3.63, 3.8) is 0 Å². The molecule has 21 heavy (non-hydrogen) atoms. The van der Waals surface area contributed by atoms with Crippen LogP contribution >= 0.6 is 0 Å². The van der Waals surface area contributed by atoms with Gasteiger partial charge in [0.15, 0.2) is 0 Å². The summed E-state index contributed by atoms with van der Waals surface area (Å²) < 4.78 is 5.46. The fraction of sp³-hybridized carbons (Fsp3) is 0.941. The van der Waals surface area contributed by atoms with Crippen LogP contribution in [-0.2, 0) is 4.74 Å². The molecule has 1 fully saturated rings. The molecule has 0 aromatic rings. The zero-order valence-corrected chi connectivity index (χ0v) is 14.8. The van der Waals surface area contributed by atoms with Crippen LogP contribution in [0.3, 0.4) is 0 Å². The van der Waals surface area contributed by atoms with Crippen LogP contribution in [0.5, 0.6) is 0 Å². The van der Waals surface area contributed by atoms with E-state index in [1.807, 2.05) is 25.7 Å².